The average molecular weight is 415 g/mol. The third-order valence-electron chi connectivity index (χ3n) is 4.37. The Morgan fingerprint density at radius 3 is 2.79 bits per heavy atom. The van der Waals surface area contributed by atoms with Gasteiger partial charge in [0.25, 0.3) is 0 Å². The number of fused-ring (bicyclic) bond motifs is 1. The number of esters is 1. The van der Waals surface area contributed by atoms with Crippen molar-refractivity contribution in [3.63, 3.8) is 0 Å². The number of carbonyl (C=O) groups is 1. The summed E-state index contributed by atoms with van der Waals surface area (Å²) in [5.41, 5.74) is -0.224. The standard InChI is InChI=1S/C14H19BFN5O6S/c1-8(22)27-12-7-20(28(2,25)26)4-3-11(12)18-14-17-6-9-5-10(16)13(15(23)24)21(9)19-14/h5-6,11-12,23-24H,3-4,7H2,1-2H3,(H,18,19)/t11-,12-/m1/s1. The molecule has 1 aliphatic rings. The normalized spacial score (nSPS) is 20.9. The van der Waals surface area contributed by atoms with E-state index in [4.69, 9.17) is 4.74 Å². The molecule has 1 saturated heterocycles. The van der Waals surface area contributed by atoms with Gasteiger partial charge in [-0.1, -0.05) is 0 Å². The van der Waals surface area contributed by atoms with Crippen LogP contribution in [0.3, 0.4) is 0 Å². The Hall–Kier alpha value is -2.29. The fraction of sp³-hybridized carbons (Fsp3) is 0.500. The second kappa shape index (κ2) is 7.62. The Bertz CT molecular complexity index is 1000. The molecule has 1 fully saturated rings. The number of anilines is 1. The number of hydrogen-bond donors (Lipinski definition) is 3. The number of piperidine rings is 1. The second-order valence-electron chi connectivity index (χ2n) is 6.48. The van der Waals surface area contributed by atoms with Crippen LogP contribution in [-0.2, 0) is 19.6 Å². The van der Waals surface area contributed by atoms with Gasteiger partial charge >= 0.3 is 13.1 Å². The summed E-state index contributed by atoms with van der Waals surface area (Å²) in [6.07, 6.45) is 1.88. The molecule has 0 aliphatic carbocycles. The first-order valence-electron chi connectivity index (χ1n) is 8.35. The largest absolute Gasteiger partial charge is 0.511 e. The van der Waals surface area contributed by atoms with Crippen LogP contribution in [0.1, 0.15) is 13.3 Å². The predicted molar refractivity (Wildman–Crippen MR) is 96.8 cm³/mol. The number of nitrogens with zero attached hydrogens (tertiary/aromatic N) is 4. The summed E-state index contributed by atoms with van der Waals surface area (Å²) in [7, 11) is -5.52. The third kappa shape index (κ3) is 4.24. The Morgan fingerprint density at radius 1 is 1.46 bits per heavy atom. The van der Waals surface area contributed by atoms with E-state index in [1.54, 1.807) is 0 Å². The van der Waals surface area contributed by atoms with Gasteiger partial charge in [0, 0.05) is 19.5 Å². The van der Waals surface area contributed by atoms with Crippen LogP contribution in [0.4, 0.5) is 10.3 Å². The minimum Gasteiger partial charge on any atom is -0.459 e. The lowest BCUT2D eigenvalue weighted by atomic mass is 9.86. The van der Waals surface area contributed by atoms with E-state index in [0.717, 1.165) is 16.8 Å². The van der Waals surface area contributed by atoms with Gasteiger partial charge in [-0.25, -0.2) is 22.3 Å². The maximum absolute atomic E-state index is 13.9. The first-order chi connectivity index (χ1) is 13.1. The number of rotatable bonds is 5. The van der Waals surface area contributed by atoms with E-state index in [-0.39, 0.29) is 24.6 Å². The van der Waals surface area contributed by atoms with Gasteiger partial charge in [0.15, 0.2) is 0 Å². The highest BCUT2D eigenvalue weighted by Crippen LogP contribution is 2.20. The second-order valence-corrected chi connectivity index (χ2v) is 8.46. The molecule has 2 atom stereocenters. The highest BCUT2D eigenvalue weighted by atomic mass is 32.2. The molecule has 0 unspecified atom stereocenters. The lowest BCUT2D eigenvalue weighted by molar-refractivity contribution is -0.148. The van der Waals surface area contributed by atoms with Crippen LogP contribution in [0.25, 0.3) is 5.52 Å². The van der Waals surface area contributed by atoms with Gasteiger partial charge in [0.2, 0.25) is 16.0 Å². The monoisotopic (exact) mass is 415 g/mol. The molecule has 3 N–H and O–H groups in total. The van der Waals surface area contributed by atoms with E-state index in [1.165, 1.54) is 17.4 Å². The number of ether oxygens (including phenoxy) is 1. The molecular weight excluding hydrogens is 396 g/mol. The Balaban J connectivity index is 1.86. The van der Waals surface area contributed by atoms with Crippen molar-refractivity contribution in [2.45, 2.75) is 25.5 Å². The molecule has 0 spiro atoms. The summed E-state index contributed by atoms with van der Waals surface area (Å²) in [6.45, 7) is 1.39. The Kier molecular flexibility index (Phi) is 5.56. The van der Waals surface area contributed by atoms with Crippen molar-refractivity contribution in [3.8, 4) is 0 Å². The molecular formula is C14H19BFN5O6S. The Labute approximate surface area is 160 Å². The van der Waals surface area contributed by atoms with E-state index < -0.39 is 46.7 Å². The van der Waals surface area contributed by atoms with Crippen LogP contribution >= 0.6 is 0 Å². The van der Waals surface area contributed by atoms with Crippen LogP contribution < -0.4 is 10.9 Å². The summed E-state index contributed by atoms with van der Waals surface area (Å²) in [5.74, 6) is -1.39. The van der Waals surface area contributed by atoms with Gasteiger partial charge < -0.3 is 20.1 Å². The van der Waals surface area contributed by atoms with Gasteiger partial charge in [-0.2, -0.15) is 4.31 Å². The van der Waals surface area contributed by atoms with E-state index in [9.17, 15) is 27.7 Å². The highest BCUT2D eigenvalue weighted by Gasteiger charge is 2.35. The quantitative estimate of drug-likeness (QED) is 0.370. The summed E-state index contributed by atoms with van der Waals surface area (Å²) in [6, 6.07) is 0.562. The van der Waals surface area contributed by atoms with Crippen LogP contribution in [0.5, 0.6) is 0 Å². The molecule has 11 nitrogen and oxygen atoms in total. The molecule has 0 bridgehead atoms. The van der Waals surface area contributed by atoms with E-state index >= 15 is 0 Å². The zero-order valence-electron chi connectivity index (χ0n) is 15.1. The van der Waals surface area contributed by atoms with Crippen LogP contribution in [0.15, 0.2) is 12.3 Å². The minimum absolute atomic E-state index is 0.0277. The number of carbonyl (C=O) groups excluding carboxylic acids is 1. The molecule has 0 radical (unpaired) electrons. The summed E-state index contributed by atoms with van der Waals surface area (Å²) < 4.78 is 44.9. The number of hydrogen-bond acceptors (Lipinski definition) is 9. The molecule has 3 rings (SSSR count). The van der Waals surface area contributed by atoms with Crippen molar-refractivity contribution < 1.29 is 32.4 Å². The third-order valence-corrected chi connectivity index (χ3v) is 5.64. The molecule has 14 heteroatoms. The maximum atomic E-state index is 13.9. The SMILES string of the molecule is CC(=O)O[C@@H]1CN(S(C)(=O)=O)CC[C@H]1Nc1ncc2cc(F)c(B(O)O)n2n1. The molecule has 0 aromatic carbocycles. The summed E-state index contributed by atoms with van der Waals surface area (Å²) in [5, 5.41) is 25.7. The molecule has 0 amide bonds. The maximum Gasteiger partial charge on any atom is 0.511 e. The van der Waals surface area contributed by atoms with Crippen LogP contribution in [0, 0.1) is 5.82 Å². The van der Waals surface area contributed by atoms with Crippen LogP contribution in [-0.4, -0.2) is 81.9 Å². The molecule has 2 aromatic rings. The van der Waals surface area contributed by atoms with E-state index in [0.29, 0.717) is 6.42 Å². The number of aromatic nitrogens is 3. The number of nitrogens with one attached hydrogen (secondary N) is 1. The lowest BCUT2D eigenvalue weighted by Crippen LogP contribution is -2.53. The van der Waals surface area contributed by atoms with Gasteiger partial charge in [0.1, 0.15) is 17.5 Å². The predicted octanol–water partition coefficient (Wildman–Crippen LogP) is -2.07. The first kappa shape index (κ1) is 20.4. The fourth-order valence-corrected chi connectivity index (χ4v) is 3.96. The highest BCUT2D eigenvalue weighted by molar-refractivity contribution is 7.88. The first-order valence-corrected chi connectivity index (χ1v) is 10.2. The Morgan fingerprint density at radius 2 is 2.18 bits per heavy atom. The number of sulfonamides is 1. The van der Waals surface area contributed by atoms with Crippen molar-refractivity contribution in [2.75, 3.05) is 24.7 Å². The van der Waals surface area contributed by atoms with Gasteiger partial charge in [0.05, 0.1) is 30.6 Å². The lowest BCUT2D eigenvalue weighted by Gasteiger charge is -2.36. The zero-order chi connectivity index (χ0) is 20.6. The van der Waals surface area contributed by atoms with Gasteiger partial charge in [-0.15, -0.1) is 5.10 Å². The molecule has 0 saturated carbocycles. The van der Waals surface area contributed by atoms with Crippen molar-refractivity contribution in [1.82, 2.24) is 18.9 Å². The van der Waals surface area contributed by atoms with Crippen molar-refractivity contribution >= 4 is 40.2 Å². The molecule has 28 heavy (non-hydrogen) atoms. The topological polar surface area (TPSA) is 146 Å². The molecule has 1 aliphatic heterocycles. The van der Waals surface area contributed by atoms with Crippen molar-refractivity contribution in [2.24, 2.45) is 0 Å². The van der Waals surface area contributed by atoms with Crippen molar-refractivity contribution in [1.29, 1.82) is 0 Å². The van der Waals surface area contributed by atoms with Crippen molar-refractivity contribution in [3.05, 3.63) is 18.1 Å². The fourth-order valence-electron chi connectivity index (χ4n) is 3.11. The molecule has 2 aromatic heterocycles. The zero-order valence-corrected chi connectivity index (χ0v) is 15.9. The minimum atomic E-state index is -3.45. The average Bonchev–Trinajstić information content (AvgIpc) is 2.90. The molecule has 152 valence electrons. The molecule has 3 heterocycles. The van der Waals surface area contributed by atoms with E-state index in [2.05, 4.69) is 15.4 Å². The van der Waals surface area contributed by atoms with Gasteiger partial charge in [-0.05, 0) is 6.42 Å². The smallest absolute Gasteiger partial charge is 0.459 e. The van der Waals surface area contributed by atoms with E-state index in [1.807, 2.05) is 0 Å². The number of halogens is 1. The van der Waals surface area contributed by atoms with Gasteiger partial charge in [-0.3, -0.25) is 4.79 Å². The van der Waals surface area contributed by atoms with Crippen LogP contribution in [0.2, 0.25) is 0 Å². The summed E-state index contributed by atoms with van der Waals surface area (Å²) >= 11 is 0. The summed E-state index contributed by atoms with van der Waals surface area (Å²) in [4.78, 5) is 15.5.